The van der Waals surface area contributed by atoms with Crippen LogP contribution in [0.1, 0.15) is 41.8 Å². The van der Waals surface area contributed by atoms with Gasteiger partial charge >= 0.3 is 0 Å². The highest BCUT2D eigenvalue weighted by Gasteiger charge is 2.22. The lowest BCUT2D eigenvalue weighted by Crippen LogP contribution is -2.26. The fourth-order valence-electron chi connectivity index (χ4n) is 5.03. The lowest BCUT2D eigenvalue weighted by atomic mass is 10.1. The van der Waals surface area contributed by atoms with E-state index in [1.165, 1.54) is 0 Å². The van der Waals surface area contributed by atoms with Crippen LogP contribution < -0.4 is 44.4 Å². The van der Waals surface area contributed by atoms with Gasteiger partial charge in [0.05, 0.1) is 54.0 Å². The zero-order valence-electron chi connectivity index (χ0n) is 28.7. The number of pyridine rings is 1. The summed E-state index contributed by atoms with van der Waals surface area (Å²) in [5, 5.41) is 3.55. The molecule has 0 fully saturated rings. The van der Waals surface area contributed by atoms with Crippen LogP contribution in [0.2, 0.25) is 0 Å². The summed E-state index contributed by atoms with van der Waals surface area (Å²) in [6, 6.07) is 17.3. The molecule has 248 valence electrons. The summed E-state index contributed by atoms with van der Waals surface area (Å²) < 4.78 is 33.3. The average Bonchev–Trinajstić information content (AvgIpc) is 3.10. The van der Waals surface area contributed by atoms with Crippen molar-refractivity contribution < 1.29 is 28.4 Å². The van der Waals surface area contributed by atoms with Crippen LogP contribution in [-0.2, 0) is 19.6 Å². The Morgan fingerprint density at radius 2 is 1.04 bits per heavy atom. The maximum absolute atomic E-state index is 6.95. The van der Waals surface area contributed by atoms with E-state index >= 15 is 0 Å². The maximum atomic E-state index is 6.95. The number of nitrogens with two attached hydrogens (primary N) is 1. The Morgan fingerprint density at radius 3 is 1.46 bits per heavy atom. The molecule has 10 nitrogen and oxygen atoms in total. The summed E-state index contributed by atoms with van der Waals surface area (Å²) in [5.74, 6) is 4.89. The number of hydrogen-bond acceptors (Lipinski definition) is 10. The summed E-state index contributed by atoms with van der Waals surface area (Å²) in [7, 11) is 9.83. The van der Waals surface area contributed by atoms with E-state index in [1.54, 1.807) is 42.7 Å². The molecule has 1 heterocycles. The number of benzene rings is 3. The van der Waals surface area contributed by atoms with Crippen molar-refractivity contribution >= 4 is 17.2 Å². The van der Waals surface area contributed by atoms with E-state index in [0.29, 0.717) is 54.1 Å². The summed E-state index contributed by atoms with van der Waals surface area (Å²) in [6.07, 6.45) is 0. The van der Waals surface area contributed by atoms with Crippen molar-refractivity contribution in [2.75, 3.05) is 58.6 Å². The van der Waals surface area contributed by atoms with Gasteiger partial charge in [-0.05, 0) is 55.8 Å². The predicted octanol–water partition coefficient (Wildman–Crippen LogP) is 7.18. The number of aromatic nitrogens is 1. The van der Waals surface area contributed by atoms with E-state index in [1.807, 2.05) is 82.3 Å². The summed E-state index contributed by atoms with van der Waals surface area (Å²) >= 11 is 0. The maximum Gasteiger partial charge on any atom is 0.154 e. The minimum Gasteiger partial charge on any atom is -0.497 e. The number of methoxy groups -OCH3 is 6. The average molecular weight is 633 g/mol. The Kier molecular flexibility index (Phi) is 13.0. The number of nitrogens with one attached hydrogen (secondary N) is 1. The third kappa shape index (κ3) is 8.18. The van der Waals surface area contributed by atoms with Crippen molar-refractivity contribution in [3.63, 3.8) is 0 Å². The molecule has 0 amide bonds. The van der Waals surface area contributed by atoms with E-state index in [2.05, 4.69) is 10.2 Å². The van der Waals surface area contributed by atoms with Gasteiger partial charge in [0.25, 0.3) is 0 Å². The van der Waals surface area contributed by atoms with Gasteiger partial charge < -0.3 is 44.4 Å². The van der Waals surface area contributed by atoms with Crippen LogP contribution in [-0.4, -0.2) is 47.6 Å². The molecule has 1 aromatic heterocycles. The molecule has 0 bridgehead atoms. The second-order valence-corrected chi connectivity index (χ2v) is 10.2. The van der Waals surface area contributed by atoms with E-state index in [9.17, 15) is 0 Å². The van der Waals surface area contributed by atoms with Crippen LogP contribution in [0.4, 0.5) is 17.2 Å². The molecular weight excluding hydrogens is 584 g/mol. The topological polar surface area (TPSA) is 110 Å². The van der Waals surface area contributed by atoms with Gasteiger partial charge in [-0.2, -0.15) is 0 Å². The lowest BCUT2D eigenvalue weighted by molar-refractivity contribution is 0.389. The van der Waals surface area contributed by atoms with E-state index in [0.717, 1.165) is 45.1 Å². The SMILES string of the molecule is CC.COc1ccc(CNc2c(C)c(C)nc(N(Cc3ccc(OC)cc3OC)Cc3ccc(OC)cc3OC)c2N)c(OC)c1. The Balaban J connectivity index is 0.00000282. The third-order valence-electron chi connectivity index (χ3n) is 7.66. The number of anilines is 3. The molecule has 0 aliphatic heterocycles. The van der Waals surface area contributed by atoms with Crippen LogP contribution >= 0.6 is 0 Å². The summed E-state index contributed by atoms with van der Waals surface area (Å²) in [5.41, 5.74) is 12.9. The molecule has 0 saturated heterocycles. The van der Waals surface area contributed by atoms with E-state index < -0.39 is 0 Å². The van der Waals surface area contributed by atoms with Crippen molar-refractivity contribution in [2.45, 2.75) is 47.3 Å². The number of hydrogen-bond donors (Lipinski definition) is 2. The molecule has 10 heteroatoms. The Labute approximate surface area is 273 Å². The summed E-state index contributed by atoms with van der Waals surface area (Å²) in [4.78, 5) is 7.12. The molecule has 0 aliphatic rings. The van der Waals surface area contributed by atoms with Gasteiger partial charge in [-0.25, -0.2) is 4.98 Å². The molecule has 0 unspecified atom stereocenters. The largest absolute Gasteiger partial charge is 0.497 e. The van der Waals surface area contributed by atoms with Gasteiger partial charge in [0.1, 0.15) is 34.5 Å². The molecule has 3 aromatic carbocycles. The highest BCUT2D eigenvalue weighted by molar-refractivity contribution is 5.81. The first-order chi connectivity index (χ1) is 22.3. The molecule has 0 atom stereocenters. The number of nitrogens with zero attached hydrogens (tertiary/aromatic N) is 2. The van der Waals surface area contributed by atoms with Gasteiger partial charge in [-0.1, -0.05) is 13.8 Å². The van der Waals surface area contributed by atoms with Crippen molar-refractivity contribution in [2.24, 2.45) is 0 Å². The second kappa shape index (κ2) is 16.9. The van der Waals surface area contributed by atoms with Crippen molar-refractivity contribution in [3.8, 4) is 34.5 Å². The van der Waals surface area contributed by atoms with Gasteiger partial charge in [0.15, 0.2) is 5.82 Å². The van der Waals surface area contributed by atoms with Gasteiger partial charge in [0.2, 0.25) is 0 Å². The third-order valence-corrected chi connectivity index (χ3v) is 7.66. The smallest absolute Gasteiger partial charge is 0.154 e. The van der Waals surface area contributed by atoms with Crippen molar-refractivity contribution in [1.82, 2.24) is 4.98 Å². The van der Waals surface area contributed by atoms with Crippen LogP contribution in [0.15, 0.2) is 54.6 Å². The van der Waals surface area contributed by atoms with E-state index in [-0.39, 0.29) is 0 Å². The van der Waals surface area contributed by atoms with Crippen molar-refractivity contribution in [3.05, 3.63) is 82.5 Å². The quantitative estimate of drug-likeness (QED) is 0.148. The lowest BCUT2D eigenvalue weighted by Gasteiger charge is -2.29. The molecule has 4 aromatic rings. The highest BCUT2D eigenvalue weighted by Crippen LogP contribution is 2.38. The minimum absolute atomic E-state index is 0.452. The standard InChI is InChI=1S/C34H42N4O6.C2H6/c1-21-22(2)37-34(32(35)33(21)36-18-23-9-12-26(39-3)15-29(23)42-6)38(19-24-10-13-27(40-4)16-30(24)43-7)20-25-11-14-28(41-5)17-31(25)44-8;1-2/h9-17H,18-20,35H2,1-8H3,(H,36,37);1-2H3. The predicted molar refractivity (Wildman–Crippen MR) is 185 cm³/mol. The molecule has 0 aliphatic carbocycles. The van der Waals surface area contributed by atoms with Crippen LogP contribution in [0, 0.1) is 13.8 Å². The minimum atomic E-state index is 0.452. The molecule has 0 saturated carbocycles. The number of ether oxygens (including phenoxy) is 6. The van der Waals surface area contributed by atoms with Crippen LogP contribution in [0.5, 0.6) is 34.5 Å². The van der Waals surface area contributed by atoms with Gasteiger partial charge in [-0.3, -0.25) is 0 Å². The van der Waals surface area contributed by atoms with E-state index in [4.69, 9.17) is 39.1 Å². The first kappa shape index (κ1) is 35.5. The zero-order chi connectivity index (χ0) is 33.8. The Bertz CT molecular complexity index is 1540. The molecule has 0 radical (unpaired) electrons. The Morgan fingerprint density at radius 1 is 0.630 bits per heavy atom. The normalized spacial score (nSPS) is 10.3. The summed E-state index contributed by atoms with van der Waals surface area (Å²) in [6.45, 7) is 9.39. The van der Waals surface area contributed by atoms with Crippen LogP contribution in [0.3, 0.4) is 0 Å². The van der Waals surface area contributed by atoms with Crippen molar-refractivity contribution in [1.29, 1.82) is 0 Å². The number of rotatable bonds is 14. The molecule has 4 rings (SSSR count). The van der Waals surface area contributed by atoms with Crippen LogP contribution in [0.25, 0.3) is 0 Å². The first-order valence-electron chi connectivity index (χ1n) is 15.1. The molecule has 46 heavy (non-hydrogen) atoms. The fraction of sp³-hybridized carbons (Fsp3) is 0.361. The molecule has 3 N–H and O–H groups in total. The molecule has 0 spiro atoms. The first-order valence-corrected chi connectivity index (χ1v) is 15.1. The molecular formula is C36H48N4O6. The van der Waals surface area contributed by atoms with Gasteiger partial charge in [0, 0.05) is 60.2 Å². The number of nitrogen functional groups attached to an aromatic ring is 1. The number of aryl methyl sites for hydroxylation is 1. The monoisotopic (exact) mass is 632 g/mol. The Hall–Kier alpha value is -4.99. The second-order valence-electron chi connectivity index (χ2n) is 10.2. The highest BCUT2D eigenvalue weighted by atomic mass is 16.5. The zero-order valence-corrected chi connectivity index (χ0v) is 28.7. The fourth-order valence-corrected chi connectivity index (χ4v) is 5.03. The van der Waals surface area contributed by atoms with Gasteiger partial charge in [-0.15, -0.1) is 0 Å².